The fraction of sp³-hybridized carbons (Fsp3) is 0.550. The first-order chi connectivity index (χ1) is 13.1. The van der Waals surface area contributed by atoms with Gasteiger partial charge in [0.2, 0.25) is 0 Å². The Kier molecular flexibility index (Phi) is 6.68. The van der Waals surface area contributed by atoms with Crippen molar-refractivity contribution in [2.75, 3.05) is 6.54 Å². The summed E-state index contributed by atoms with van der Waals surface area (Å²) in [5, 5.41) is 10.2. The standard InChI is InChI=1S/C20H29N5O2/c1-16(11-12-17-8-3-2-4-9-17)22-19(26)21-13-7-15-25-20(27)24-14-6-5-10-18(24)23-25/h2-4,8-9,16H,5-7,10-15H2,1H3,(H2,21,22,26). The average molecular weight is 371 g/mol. The molecule has 3 rings (SSSR count). The van der Waals surface area contributed by atoms with Gasteiger partial charge in [-0.3, -0.25) is 4.57 Å². The van der Waals surface area contributed by atoms with Gasteiger partial charge in [0.25, 0.3) is 0 Å². The van der Waals surface area contributed by atoms with E-state index < -0.39 is 0 Å². The van der Waals surface area contributed by atoms with Crippen LogP contribution in [0.4, 0.5) is 4.79 Å². The van der Waals surface area contributed by atoms with Crippen LogP contribution in [0.1, 0.15) is 44.0 Å². The molecule has 7 nitrogen and oxygen atoms in total. The zero-order chi connectivity index (χ0) is 19.1. The average Bonchev–Trinajstić information content (AvgIpc) is 3.00. The molecule has 2 heterocycles. The van der Waals surface area contributed by atoms with Crippen molar-refractivity contribution in [2.24, 2.45) is 0 Å². The van der Waals surface area contributed by atoms with Gasteiger partial charge < -0.3 is 10.6 Å². The van der Waals surface area contributed by atoms with E-state index >= 15 is 0 Å². The van der Waals surface area contributed by atoms with Crippen LogP contribution in [-0.4, -0.2) is 33.0 Å². The fourth-order valence-electron chi connectivity index (χ4n) is 3.40. The van der Waals surface area contributed by atoms with E-state index in [1.54, 1.807) is 4.57 Å². The van der Waals surface area contributed by atoms with Crippen LogP contribution in [0.3, 0.4) is 0 Å². The van der Waals surface area contributed by atoms with Crippen LogP contribution in [0.25, 0.3) is 0 Å². The maximum atomic E-state index is 12.2. The Bertz CT molecular complexity index is 796. The van der Waals surface area contributed by atoms with Crippen molar-refractivity contribution in [3.8, 4) is 0 Å². The minimum Gasteiger partial charge on any atom is -0.338 e. The van der Waals surface area contributed by atoms with Crippen LogP contribution in [0.5, 0.6) is 0 Å². The van der Waals surface area contributed by atoms with E-state index in [2.05, 4.69) is 27.9 Å². The molecule has 1 unspecified atom stereocenters. The second kappa shape index (κ2) is 9.39. The van der Waals surface area contributed by atoms with E-state index in [4.69, 9.17) is 0 Å². The predicted molar refractivity (Wildman–Crippen MR) is 105 cm³/mol. The lowest BCUT2D eigenvalue weighted by molar-refractivity contribution is 0.237. The minimum atomic E-state index is -0.160. The highest BCUT2D eigenvalue weighted by molar-refractivity contribution is 5.74. The molecule has 1 aliphatic heterocycles. The molecule has 0 saturated heterocycles. The lowest BCUT2D eigenvalue weighted by Gasteiger charge is -2.14. The van der Waals surface area contributed by atoms with Gasteiger partial charge in [-0.25, -0.2) is 14.3 Å². The van der Waals surface area contributed by atoms with Gasteiger partial charge in [0.05, 0.1) is 0 Å². The number of amides is 2. The minimum absolute atomic E-state index is 0.0244. The lowest BCUT2D eigenvalue weighted by atomic mass is 10.1. The number of hydrogen-bond acceptors (Lipinski definition) is 3. The number of rotatable bonds is 8. The third-order valence-corrected chi connectivity index (χ3v) is 4.95. The lowest BCUT2D eigenvalue weighted by Crippen LogP contribution is -2.41. The maximum absolute atomic E-state index is 12.2. The van der Waals surface area contributed by atoms with E-state index in [0.29, 0.717) is 19.5 Å². The highest BCUT2D eigenvalue weighted by Crippen LogP contribution is 2.09. The van der Waals surface area contributed by atoms with Crippen LogP contribution >= 0.6 is 0 Å². The van der Waals surface area contributed by atoms with Gasteiger partial charge in [-0.05, 0) is 44.6 Å². The Morgan fingerprint density at radius 1 is 1.26 bits per heavy atom. The van der Waals surface area contributed by atoms with E-state index in [1.165, 1.54) is 10.2 Å². The Labute approximate surface area is 159 Å². The molecule has 0 aliphatic carbocycles. The van der Waals surface area contributed by atoms with Gasteiger partial charge in [-0.15, -0.1) is 0 Å². The zero-order valence-corrected chi connectivity index (χ0v) is 16.0. The number of nitrogens with one attached hydrogen (secondary N) is 2. The number of benzene rings is 1. The SMILES string of the molecule is CC(CCc1ccccc1)NC(=O)NCCCn1nc2n(c1=O)CCCC2. The maximum Gasteiger partial charge on any atom is 0.345 e. The molecule has 7 heteroatoms. The van der Waals surface area contributed by atoms with Crippen LogP contribution in [0.2, 0.25) is 0 Å². The van der Waals surface area contributed by atoms with E-state index in [0.717, 1.165) is 44.5 Å². The first-order valence-electron chi connectivity index (χ1n) is 9.88. The first kappa shape index (κ1) is 19.2. The first-order valence-corrected chi connectivity index (χ1v) is 9.88. The molecule has 0 fully saturated rings. The molecule has 0 radical (unpaired) electrons. The predicted octanol–water partition coefficient (Wildman–Crippen LogP) is 2.09. The van der Waals surface area contributed by atoms with Crippen molar-refractivity contribution in [3.63, 3.8) is 0 Å². The molecule has 2 aromatic rings. The van der Waals surface area contributed by atoms with Crippen molar-refractivity contribution < 1.29 is 4.79 Å². The second-order valence-corrected chi connectivity index (χ2v) is 7.21. The number of urea groups is 1. The summed E-state index contributed by atoms with van der Waals surface area (Å²) < 4.78 is 3.31. The van der Waals surface area contributed by atoms with Gasteiger partial charge >= 0.3 is 11.7 Å². The van der Waals surface area contributed by atoms with Crippen molar-refractivity contribution in [2.45, 2.75) is 64.6 Å². The van der Waals surface area contributed by atoms with Crippen molar-refractivity contribution in [1.82, 2.24) is 25.0 Å². The number of aryl methyl sites for hydroxylation is 3. The van der Waals surface area contributed by atoms with Crippen LogP contribution < -0.4 is 16.3 Å². The van der Waals surface area contributed by atoms with E-state index in [9.17, 15) is 9.59 Å². The topological polar surface area (TPSA) is 81.0 Å². The quantitative estimate of drug-likeness (QED) is 0.697. The molecule has 2 amide bonds. The van der Waals surface area contributed by atoms with Gasteiger partial charge in [0.1, 0.15) is 5.82 Å². The zero-order valence-electron chi connectivity index (χ0n) is 16.0. The number of carbonyl (C=O) groups is 1. The Hall–Kier alpha value is -2.57. The van der Waals surface area contributed by atoms with Gasteiger partial charge in [0, 0.05) is 32.1 Å². The number of hydrogen-bond donors (Lipinski definition) is 2. The molecule has 0 spiro atoms. The van der Waals surface area contributed by atoms with Crippen molar-refractivity contribution in [1.29, 1.82) is 0 Å². The molecule has 0 saturated carbocycles. The van der Waals surface area contributed by atoms with Crippen molar-refractivity contribution >= 4 is 6.03 Å². The van der Waals surface area contributed by atoms with Gasteiger partial charge in [-0.1, -0.05) is 30.3 Å². The Morgan fingerprint density at radius 3 is 2.85 bits per heavy atom. The molecule has 1 atom stereocenters. The number of aromatic nitrogens is 3. The third kappa shape index (κ3) is 5.45. The highest BCUT2D eigenvalue weighted by atomic mass is 16.2. The molecule has 1 aromatic carbocycles. The largest absolute Gasteiger partial charge is 0.345 e. The van der Waals surface area contributed by atoms with Crippen molar-refractivity contribution in [3.05, 3.63) is 52.2 Å². The third-order valence-electron chi connectivity index (χ3n) is 4.95. The molecular formula is C20H29N5O2. The summed E-state index contributed by atoms with van der Waals surface area (Å²) in [6.45, 7) is 3.84. The molecular weight excluding hydrogens is 342 g/mol. The smallest absolute Gasteiger partial charge is 0.338 e. The second-order valence-electron chi connectivity index (χ2n) is 7.21. The summed E-state index contributed by atoms with van der Waals surface area (Å²) in [6.07, 6.45) is 5.54. The summed E-state index contributed by atoms with van der Waals surface area (Å²) in [5.41, 5.74) is 1.25. The van der Waals surface area contributed by atoms with Gasteiger partial charge in [0.15, 0.2) is 0 Å². The van der Waals surface area contributed by atoms with Crippen LogP contribution in [0, 0.1) is 0 Å². The molecule has 27 heavy (non-hydrogen) atoms. The van der Waals surface area contributed by atoms with E-state index in [-0.39, 0.29) is 17.8 Å². The summed E-state index contributed by atoms with van der Waals surface area (Å²) in [6, 6.07) is 10.2. The fourth-order valence-corrected chi connectivity index (χ4v) is 3.40. The Morgan fingerprint density at radius 2 is 2.07 bits per heavy atom. The summed E-state index contributed by atoms with van der Waals surface area (Å²) in [7, 11) is 0. The highest BCUT2D eigenvalue weighted by Gasteiger charge is 2.16. The Balaban J connectivity index is 1.34. The van der Waals surface area contributed by atoms with Gasteiger partial charge in [-0.2, -0.15) is 5.10 Å². The summed E-state index contributed by atoms with van der Waals surface area (Å²) in [4.78, 5) is 24.2. The number of nitrogens with zero attached hydrogens (tertiary/aromatic N) is 3. The van der Waals surface area contributed by atoms with Crippen LogP contribution in [-0.2, 0) is 25.9 Å². The molecule has 1 aliphatic rings. The molecule has 2 N–H and O–H groups in total. The normalized spacial score (nSPS) is 14.4. The molecule has 1 aromatic heterocycles. The summed E-state index contributed by atoms with van der Waals surface area (Å²) in [5.74, 6) is 0.893. The van der Waals surface area contributed by atoms with Crippen LogP contribution in [0.15, 0.2) is 35.1 Å². The number of carbonyl (C=O) groups excluding carboxylic acids is 1. The monoisotopic (exact) mass is 371 g/mol. The molecule has 146 valence electrons. The molecule has 0 bridgehead atoms. The summed E-state index contributed by atoms with van der Waals surface area (Å²) >= 11 is 0. The van der Waals surface area contributed by atoms with E-state index in [1.807, 2.05) is 25.1 Å². The number of fused-ring (bicyclic) bond motifs is 1.